The number of rotatable bonds is 4. The lowest BCUT2D eigenvalue weighted by Crippen LogP contribution is -2.38. The van der Waals surface area contributed by atoms with Crippen molar-refractivity contribution >= 4 is 17.7 Å². The molecule has 0 bridgehead atoms. The van der Waals surface area contributed by atoms with Gasteiger partial charge in [0, 0.05) is 25.8 Å². The van der Waals surface area contributed by atoms with E-state index in [1.807, 2.05) is 0 Å². The fourth-order valence-corrected chi connectivity index (χ4v) is 2.28. The van der Waals surface area contributed by atoms with Crippen molar-refractivity contribution in [2.24, 2.45) is 14.1 Å². The lowest BCUT2D eigenvalue weighted by atomic mass is 10.2. The lowest BCUT2D eigenvalue weighted by molar-refractivity contribution is 0.0461. The molecule has 1 aromatic heterocycles. The van der Waals surface area contributed by atoms with Crippen molar-refractivity contribution < 1.29 is 19.1 Å². The molecular formula is C19H23N3O6. The summed E-state index contributed by atoms with van der Waals surface area (Å²) in [5.41, 5.74) is -0.820. The summed E-state index contributed by atoms with van der Waals surface area (Å²) in [5.74, 6) is -0.666. The zero-order valence-corrected chi connectivity index (χ0v) is 16.4. The zero-order valence-electron chi connectivity index (χ0n) is 16.4. The third-order valence-electron chi connectivity index (χ3n) is 3.72. The number of hydrogen-bond acceptors (Lipinski definition) is 6. The van der Waals surface area contributed by atoms with Crippen molar-refractivity contribution in [3.8, 4) is 0 Å². The van der Waals surface area contributed by atoms with E-state index in [1.54, 1.807) is 32.9 Å². The van der Waals surface area contributed by atoms with Crippen LogP contribution in [-0.4, -0.2) is 26.8 Å². The molecule has 0 saturated heterocycles. The molecule has 28 heavy (non-hydrogen) atoms. The third kappa shape index (κ3) is 5.32. The molecule has 0 aliphatic rings. The number of carbonyl (C=O) groups is 2. The molecule has 9 heteroatoms. The topological polar surface area (TPSA) is 109 Å². The van der Waals surface area contributed by atoms with E-state index in [0.29, 0.717) is 5.69 Å². The molecule has 0 atom stereocenters. The summed E-state index contributed by atoms with van der Waals surface area (Å²) < 4.78 is 12.5. The van der Waals surface area contributed by atoms with Crippen LogP contribution in [-0.2, 0) is 30.2 Å². The summed E-state index contributed by atoms with van der Waals surface area (Å²) in [4.78, 5) is 47.8. The van der Waals surface area contributed by atoms with E-state index in [9.17, 15) is 19.2 Å². The number of carbonyl (C=O) groups excluding carboxylic acids is 2. The van der Waals surface area contributed by atoms with Crippen LogP contribution >= 0.6 is 0 Å². The number of benzene rings is 1. The van der Waals surface area contributed by atoms with Gasteiger partial charge in [-0.3, -0.25) is 19.2 Å². The zero-order chi connectivity index (χ0) is 21.1. The number of amides is 1. The van der Waals surface area contributed by atoms with Crippen LogP contribution in [0.5, 0.6) is 0 Å². The van der Waals surface area contributed by atoms with E-state index in [4.69, 9.17) is 9.47 Å². The molecule has 0 aliphatic heterocycles. The van der Waals surface area contributed by atoms with Crippen molar-refractivity contribution in [2.45, 2.75) is 33.0 Å². The van der Waals surface area contributed by atoms with Crippen LogP contribution in [0.15, 0.2) is 39.9 Å². The van der Waals surface area contributed by atoms with Crippen LogP contribution in [0.2, 0.25) is 0 Å². The van der Waals surface area contributed by atoms with Crippen LogP contribution in [0, 0.1) is 0 Å². The molecule has 1 N–H and O–H groups in total. The fraction of sp³-hybridized carbons (Fsp3) is 0.368. The van der Waals surface area contributed by atoms with Gasteiger partial charge in [-0.05, 0) is 39.0 Å². The number of nitrogens with one attached hydrogen (secondary N) is 1. The highest BCUT2D eigenvalue weighted by molar-refractivity contribution is 5.92. The first-order valence-electron chi connectivity index (χ1n) is 8.51. The van der Waals surface area contributed by atoms with Gasteiger partial charge in [0.1, 0.15) is 12.2 Å². The highest BCUT2D eigenvalue weighted by atomic mass is 16.6. The van der Waals surface area contributed by atoms with Crippen molar-refractivity contribution in [3.05, 3.63) is 62.4 Å². The van der Waals surface area contributed by atoms with Gasteiger partial charge in [0.15, 0.2) is 0 Å². The Morgan fingerprint density at radius 2 is 1.75 bits per heavy atom. The minimum absolute atomic E-state index is 0.197. The molecule has 2 rings (SSSR count). The Balaban J connectivity index is 2.09. The Hall–Kier alpha value is -3.36. The highest BCUT2D eigenvalue weighted by Gasteiger charge is 2.17. The van der Waals surface area contributed by atoms with Crippen molar-refractivity contribution in [1.29, 1.82) is 0 Å². The maximum absolute atomic E-state index is 12.3. The summed E-state index contributed by atoms with van der Waals surface area (Å²) in [7, 11) is 2.85. The van der Waals surface area contributed by atoms with Gasteiger partial charge in [-0.15, -0.1) is 0 Å². The lowest BCUT2D eigenvalue weighted by Gasteiger charge is -2.19. The van der Waals surface area contributed by atoms with E-state index in [-0.39, 0.29) is 17.9 Å². The molecule has 0 spiro atoms. The number of aromatic nitrogens is 2. The second-order valence-electron chi connectivity index (χ2n) is 7.16. The molecule has 1 aromatic carbocycles. The number of hydrogen-bond donors (Lipinski definition) is 1. The largest absolute Gasteiger partial charge is 0.456 e. The van der Waals surface area contributed by atoms with Gasteiger partial charge in [-0.2, -0.15) is 0 Å². The van der Waals surface area contributed by atoms with Crippen LogP contribution in [0.1, 0.15) is 36.8 Å². The summed E-state index contributed by atoms with van der Waals surface area (Å²) in [6.45, 7) is 4.98. The molecule has 2 aromatic rings. The SMILES string of the molecule is Cn1c(COC(=O)c2cccc(NC(=O)OC(C)(C)C)c2)cc(=O)n(C)c1=O. The Labute approximate surface area is 161 Å². The molecule has 1 amide bonds. The number of nitrogens with zero attached hydrogens (tertiary/aromatic N) is 2. The van der Waals surface area contributed by atoms with Gasteiger partial charge in [-0.25, -0.2) is 14.4 Å². The van der Waals surface area contributed by atoms with E-state index >= 15 is 0 Å². The Kier molecular flexibility index (Phi) is 6.07. The molecule has 0 saturated carbocycles. The number of anilines is 1. The Bertz CT molecular complexity index is 1010. The quantitative estimate of drug-likeness (QED) is 0.799. The van der Waals surface area contributed by atoms with Gasteiger partial charge in [0.05, 0.1) is 11.3 Å². The molecule has 1 heterocycles. The van der Waals surface area contributed by atoms with Gasteiger partial charge in [0.25, 0.3) is 5.56 Å². The molecule has 0 unspecified atom stereocenters. The van der Waals surface area contributed by atoms with Crippen LogP contribution < -0.4 is 16.6 Å². The first-order chi connectivity index (χ1) is 13.0. The van der Waals surface area contributed by atoms with E-state index in [2.05, 4.69) is 5.32 Å². The summed E-state index contributed by atoms with van der Waals surface area (Å²) in [6, 6.07) is 7.37. The predicted octanol–water partition coefficient (Wildman–Crippen LogP) is 1.79. The Morgan fingerprint density at radius 1 is 1.07 bits per heavy atom. The molecule has 0 fully saturated rings. The second-order valence-corrected chi connectivity index (χ2v) is 7.16. The average Bonchev–Trinajstić information content (AvgIpc) is 2.60. The van der Waals surface area contributed by atoms with E-state index in [1.165, 1.54) is 36.9 Å². The molecule has 0 radical (unpaired) electrons. The smallest absolute Gasteiger partial charge is 0.412 e. The normalized spacial score (nSPS) is 11.0. The van der Waals surface area contributed by atoms with Crippen molar-refractivity contribution in [3.63, 3.8) is 0 Å². The van der Waals surface area contributed by atoms with Gasteiger partial charge < -0.3 is 9.47 Å². The summed E-state index contributed by atoms with van der Waals surface area (Å²) in [5, 5.41) is 2.54. The standard InChI is InChI=1S/C19H23N3O6/c1-19(2,3)28-17(25)20-13-8-6-7-12(9-13)16(24)27-11-14-10-15(23)22(5)18(26)21(14)4/h6-10H,11H2,1-5H3,(H,20,25). The van der Waals surface area contributed by atoms with Crippen LogP contribution in [0.25, 0.3) is 0 Å². The molecular weight excluding hydrogens is 366 g/mol. The predicted molar refractivity (Wildman–Crippen MR) is 102 cm³/mol. The first kappa shape index (κ1) is 20.9. The van der Waals surface area contributed by atoms with E-state index < -0.39 is 28.9 Å². The average molecular weight is 389 g/mol. The highest BCUT2D eigenvalue weighted by Crippen LogP contribution is 2.15. The van der Waals surface area contributed by atoms with E-state index in [0.717, 1.165) is 4.57 Å². The van der Waals surface area contributed by atoms with Gasteiger partial charge in [0.2, 0.25) is 0 Å². The number of esters is 1. The van der Waals surface area contributed by atoms with Crippen LogP contribution in [0.4, 0.5) is 10.5 Å². The van der Waals surface area contributed by atoms with Crippen LogP contribution in [0.3, 0.4) is 0 Å². The van der Waals surface area contributed by atoms with Crippen molar-refractivity contribution in [1.82, 2.24) is 9.13 Å². The maximum atomic E-state index is 12.3. The number of ether oxygens (including phenoxy) is 2. The van der Waals surface area contributed by atoms with Gasteiger partial charge >= 0.3 is 17.8 Å². The minimum Gasteiger partial charge on any atom is -0.456 e. The molecule has 0 aliphatic carbocycles. The summed E-state index contributed by atoms with van der Waals surface area (Å²) in [6.07, 6.45) is -0.645. The summed E-state index contributed by atoms with van der Waals surface area (Å²) >= 11 is 0. The monoisotopic (exact) mass is 389 g/mol. The molecule has 9 nitrogen and oxygen atoms in total. The molecule has 150 valence electrons. The van der Waals surface area contributed by atoms with Crippen molar-refractivity contribution in [2.75, 3.05) is 5.32 Å². The minimum atomic E-state index is -0.666. The first-order valence-corrected chi connectivity index (χ1v) is 8.51. The third-order valence-corrected chi connectivity index (χ3v) is 3.72. The second kappa shape index (κ2) is 8.12. The maximum Gasteiger partial charge on any atom is 0.412 e. The fourth-order valence-electron chi connectivity index (χ4n) is 2.28. The Morgan fingerprint density at radius 3 is 2.39 bits per heavy atom. The van der Waals surface area contributed by atoms with Gasteiger partial charge in [-0.1, -0.05) is 6.07 Å².